The smallest absolute Gasteiger partial charge is 0.273 e. The van der Waals surface area contributed by atoms with Gasteiger partial charge in [-0.05, 0) is 19.3 Å². The van der Waals surface area contributed by atoms with Crippen LogP contribution < -0.4 is 11.1 Å². The molecule has 0 aliphatic heterocycles. The van der Waals surface area contributed by atoms with Gasteiger partial charge >= 0.3 is 0 Å². The first-order valence-electron chi connectivity index (χ1n) is 6.36. The number of carbonyl (C=O) groups is 1. The van der Waals surface area contributed by atoms with Crippen molar-refractivity contribution in [1.29, 1.82) is 0 Å². The molecule has 1 aromatic rings. The second kappa shape index (κ2) is 5.21. The van der Waals surface area contributed by atoms with Crippen LogP contribution in [0.5, 0.6) is 0 Å². The minimum absolute atomic E-state index is 0.165. The summed E-state index contributed by atoms with van der Waals surface area (Å²) >= 11 is 0. The Bertz CT molecular complexity index is 395. The third kappa shape index (κ3) is 2.78. The van der Waals surface area contributed by atoms with Crippen LogP contribution >= 0.6 is 0 Å². The predicted molar refractivity (Wildman–Crippen MR) is 66.8 cm³/mol. The molecule has 17 heavy (non-hydrogen) atoms. The number of H-pyrrole nitrogens is 1. The van der Waals surface area contributed by atoms with Gasteiger partial charge in [-0.25, -0.2) is 0 Å². The molecule has 0 unspecified atom stereocenters. The van der Waals surface area contributed by atoms with Crippen LogP contribution in [0.25, 0.3) is 0 Å². The Kier molecular flexibility index (Phi) is 3.66. The van der Waals surface area contributed by atoms with E-state index in [0.717, 1.165) is 37.8 Å². The summed E-state index contributed by atoms with van der Waals surface area (Å²) in [7, 11) is 0. The maximum Gasteiger partial charge on any atom is 0.273 e. The molecule has 0 saturated heterocycles. The Hall–Kier alpha value is -1.52. The maximum atomic E-state index is 11.8. The van der Waals surface area contributed by atoms with Gasteiger partial charge in [-0.15, -0.1) is 0 Å². The fourth-order valence-electron chi connectivity index (χ4n) is 1.88. The summed E-state index contributed by atoms with van der Waals surface area (Å²) in [4.78, 5) is 11.8. The van der Waals surface area contributed by atoms with Crippen molar-refractivity contribution in [3.05, 3.63) is 11.4 Å². The molecule has 5 nitrogen and oxygen atoms in total. The lowest BCUT2D eigenvalue weighted by atomic mass is 10.2. The summed E-state index contributed by atoms with van der Waals surface area (Å²) in [6.45, 7) is 2.83. The topological polar surface area (TPSA) is 83.8 Å². The lowest BCUT2D eigenvalue weighted by Crippen LogP contribution is -2.25. The van der Waals surface area contributed by atoms with Gasteiger partial charge in [0.25, 0.3) is 5.91 Å². The molecule has 0 spiro atoms. The number of hydrogen-bond acceptors (Lipinski definition) is 3. The first-order valence-corrected chi connectivity index (χ1v) is 6.36. The molecule has 2 rings (SSSR count). The molecule has 0 atom stereocenters. The van der Waals surface area contributed by atoms with Gasteiger partial charge in [0.15, 0.2) is 5.69 Å². The third-order valence-corrected chi connectivity index (χ3v) is 3.10. The Morgan fingerprint density at radius 3 is 2.94 bits per heavy atom. The summed E-state index contributed by atoms with van der Waals surface area (Å²) in [5.74, 6) is 0.325. The third-order valence-electron chi connectivity index (χ3n) is 3.10. The van der Waals surface area contributed by atoms with Crippen LogP contribution in [0.4, 0.5) is 5.69 Å². The number of unbranched alkanes of at least 4 members (excludes halogenated alkanes) is 2. The van der Waals surface area contributed by atoms with Crippen LogP contribution in [0.15, 0.2) is 0 Å². The van der Waals surface area contributed by atoms with Crippen LogP contribution in [0.3, 0.4) is 0 Å². The van der Waals surface area contributed by atoms with Crippen LogP contribution in [0.1, 0.15) is 61.1 Å². The van der Waals surface area contributed by atoms with Crippen LogP contribution in [0, 0.1) is 0 Å². The Morgan fingerprint density at radius 1 is 1.53 bits per heavy atom. The molecule has 1 fully saturated rings. The van der Waals surface area contributed by atoms with E-state index >= 15 is 0 Å². The average Bonchev–Trinajstić information content (AvgIpc) is 3.08. The normalized spacial score (nSPS) is 14.9. The van der Waals surface area contributed by atoms with Crippen molar-refractivity contribution in [2.24, 2.45) is 0 Å². The standard InChI is InChI=1S/C12H20N4O/c1-2-3-4-7-14-12(17)11-9(13)10(15-16-11)8-5-6-8/h8H,2-7,13H2,1H3,(H,14,17)(H,15,16). The fourth-order valence-corrected chi connectivity index (χ4v) is 1.88. The summed E-state index contributed by atoms with van der Waals surface area (Å²) in [5, 5.41) is 9.74. The van der Waals surface area contributed by atoms with Gasteiger partial charge in [-0.3, -0.25) is 9.89 Å². The first kappa shape index (κ1) is 12.0. The summed E-state index contributed by atoms with van der Waals surface area (Å²) in [6.07, 6.45) is 5.56. The summed E-state index contributed by atoms with van der Waals surface area (Å²) < 4.78 is 0. The van der Waals surface area contributed by atoms with Crippen LogP contribution in [0.2, 0.25) is 0 Å². The number of carbonyl (C=O) groups excluding carboxylic acids is 1. The van der Waals surface area contributed by atoms with Crippen molar-refractivity contribution < 1.29 is 4.79 Å². The van der Waals surface area contributed by atoms with Gasteiger partial charge in [0, 0.05) is 12.5 Å². The van der Waals surface area contributed by atoms with Crippen molar-refractivity contribution in [3.63, 3.8) is 0 Å². The molecular formula is C12H20N4O. The predicted octanol–water partition coefficient (Wildman–Crippen LogP) is 1.79. The number of nitrogens with zero attached hydrogens (tertiary/aromatic N) is 1. The Morgan fingerprint density at radius 2 is 2.29 bits per heavy atom. The molecule has 1 heterocycles. The average molecular weight is 236 g/mol. The molecule has 1 aliphatic rings. The van der Waals surface area contributed by atoms with Crippen molar-refractivity contribution in [2.45, 2.75) is 44.9 Å². The number of nitrogens with one attached hydrogen (secondary N) is 2. The van der Waals surface area contributed by atoms with Gasteiger partial charge in [0.2, 0.25) is 0 Å². The number of aromatic amines is 1. The van der Waals surface area contributed by atoms with Gasteiger partial charge < -0.3 is 11.1 Å². The van der Waals surface area contributed by atoms with E-state index in [1.807, 2.05) is 0 Å². The zero-order valence-electron chi connectivity index (χ0n) is 10.3. The zero-order valence-corrected chi connectivity index (χ0v) is 10.3. The van der Waals surface area contributed by atoms with E-state index < -0.39 is 0 Å². The van der Waals surface area contributed by atoms with E-state index in [2.05, 4.69) is 22.4 Å². The molecule has 0 bridgehead atoms. The van der Waals surface area contributed by atoms with Crippen molar-refractivity contribution in [1.82, 2.24) is 15.5 Å². The lowest BCUT2D eigenvalue weighted by Gasteiger charge is -2.03. The highest BCUT2D eigenvalue weighted by atomic mass is 16.1. The van der Waals surface area contributed by atoms with E-state index in [9.17, 15) is 4.79 Å². The maximum absolute atomic E-state index is 11.8. The Balaban J connectivity index is 1.90. The summed E-state index contributed by atoms with van der Waals surface area (Å²) in [6, 6.07) is 0. The number of rotatable bonds is 6. The van der Waals surface area contributed by atoms with Crippen LogP contribution in [-0.4, -0.2) is 22.6 Å². The first-order chi connectivity index (χ1) is 8.24. The Labute approximate surface area is 101 Å². The van der Waals surface area contributed by atoms with Crippen molar-refractivity contribution in [3.8, 4) is 0 Å². The SMILES string of the molecule is CCCCCNC(=O)c1n[nH]c(C2CC2)c1N. The van der Waals surface area contributed by atoms with E-state index in [4.69, 9.17) is 5.73 Å². The van der Waals surface area contributed by atoms with E-state index in [1.165, 1.54) is 0 Å². The molecule has 5 heteroatoms. The molecule has 0 aromatic carbocycles. The lowest BCUT2D eigenvalue weighted by molar-refractivity contribution is 0.0949. The second-order valence-corrected chi connectivity index (χ2v) is 4.64. The van der Waals surface area contributed by atoms with Crippen molar-refractivity contribution in [2.75, 3.05) is 12.3 Å². The molecule has 94 valence electrons. The number of nitrogens with two attached hydrogens (primary N) is 1. The zero-order chi connectivity index (χ0) is 12.3. The molecular weight excluding hydrogens is 216 g/mol. The number of nitrogen functional groups attached to an aromatic ring is 1. The number of amides is 1. The highest BCUT2D eigenvalue weighted by Gasteiger charge is 2.30. The minimum atomic E-state index is -0.165. The minimum Gasteiger partial charge on any atom is -0.395 e. The van der Waals surface area contributed by atoms with Crippen LogP contribution in [-0.2, 0) is 0 Å². The molecule has 4 N–H and O–H groups in total. The molecule has 1 aromatic heterocycles. The fraction of sp³-hybridized carbons (Fsp3) is 0.667. The molecule has 1 aliphatic carbocycles. The van der Waals surface area contributed by atoms with Crippen molar-refractivity contribution >= 4 is 11.6 Å². The highest BCUT2D eigenvalue weighted by molar-refractivity contribution is 5.97. The van der Waals surface area contributed by atoms with Gasteiger partial charge in [0.05, 0.1) is 11.4 Å². The molecule has 1 amide bonds. The monoisotopic (exact) mass is 236 g/mol. The van der Waals surface area contributed by atoms with Gasteiger partial charge in [-0.2, -0.15) is 5.10 Å². The second-order valence-electron chi connectivity index (χ2n) is 4.64. The quantitative estimate of drug-likeness (QED) is 0.658. The largest absolute Gasteiger partial charge is 0.395 e. The van der Waals surface area contributed by atoms with E-state index in [0.29, 0.717) is 23.8 Å². The van der Waals surface area contributed by atoms with E-state index in [1.54, 1.807) is 0 Å². The summed E-state index contributed by atoms with van der Waals surface area (Å²) in [5.41, 5.74) is 7.73. The van der Waals surface area contributed by atoms with Gasteiger partial charge in [0.1, 0.15) is 0 Å². The number of aromatic nitrogens is 2. The highest BCUT2D eigenvalue weighted by Crippen LogP contribution is 2.42. The van der Waals surface area contributed by atoms with E-state index in [-0.39, 0.29) is 5.91 Å². The number of hydrogen-bond donors (Lipinski definition) is 3. The molecule has 1 saturated carbocycles. The molecule has 0 radical (unpaired) electrons. The van der Waals surface area contributed by atoms with Gasteiger partial charge in [-0.1, -0.05) is 19.8 Å². The number of anilines is 1.